The highest BCUT2D eigenvalue weighted by Gasteiger charge is 2.04. The fraction of sp³-hybridized carbons (Fsp3) is 0.500. The summed E-state index contributed by atoms with van der Waals surface area (Å²) in [7, 11) is 0. The zero-order valence-corrected chi connectivity index (χ0v) is 13.8. The van der Waals surface area contributed by atoms with E-state index >= 15 is 0 Å². The third-order valence-corrected chi connectivity index (χ3v) is 2.58. The first-order valence-electron chi connectivity index (χ1n) is 6.35. The first-order valence-corrected chi connectivity index (χ1v) is 6.35. The van der Waals surface area contributed by atoms with E-state index in [1.165, 1.54) is 5.56 Å². The summed E-state index contributed by atoms with van der Waals surface area (Å²) in [6.45, 7) is 8.95. The zero-order valence-electron chi connectivity index (χ0n) is 11.4. The molecular weight excluding hydrogens is 337 g/mol. The second-order valence-corrected chi connectivity index (χ2v) is 4.06. The molecule has 0 aliphatic heterocycles. The molecule has 0 saturated heterocycles. The lowest BCUT2D eigenvalue weighted by atomic mass is 10.0. The minimum Gasteiger partial charge on any atom is -0.357 e. The lowest BCUT2D eigenvalue weighted by molar-refractivity contribution is 0.753. The van der Waals surface area contributed by atoms with E-state index in [4.69, 9.17) is 0 Å². The fourth-order valence-electron chi connectivity index (χ4n) is 1.62. The average Bonchev–Trinajstić information content (AvgIpc) is 2.37. The van der Waals surface area contributed by atoms with Crippen LogP contribution < -0.4 is 10.6 Å². The molecule has 1 aromatic carbocycles. The van der Waals surface area contributed by atoms with Crippen LogP contribution in [0.1, 0.15) is 32.3 Å². The van der Waals surface area contributed by atoms with Crippen LogP contribution in [0.2, 0.25) is 0 Å². The van der Waals surface area contributed by atoms with Crippen molar-refractivity contribution in [3.63, 3.8) is 0 Å². The maximum absolute atomic E-state index is 4.57. The Morgan fingerprint density at radius 1 is 1.11 bits per heavy atom. The molecule has 1 unspecified atom stereocenters. The van der Waals surface area contributed by atoms with Crippen molar-refractivity contribution in [3.05, 3.63) is 35.9 Å². The van der Waals surface area contributed by atoms with Crippen molar-refractivity contribution in [3.8, 4) is 0 Å². The highest BCUT2D eigenvalue weighted by atomic mass is 127. The molecule has 0 bridgehead atoms. The van der Waals surface area contributed by atoms with E-state index < -0.39 is 0 Å². The molecule has 0 aliphatic carbocycles. The molecule has 4 heteroatoms. The topological polar surface area (TPSA) is 36.4 Å². The van der Waals surface area contributed by atoms with Crippen LogP contribution in [0.5, 0.6) is 0 Å². The van der Waals surface area contributed by atoms with Gasteiger partial charge in [-0.2, -0.15) is 0 Å². The van der Waals surface area contributed by atoms with E-state index in [0.717, 1.165) is 25.6 Å². The van der Waals surface area contributed by atoms with Crippen LogP contribution in [0.4, 0.5) is 0 Å². The van der Waals surface area contributed by atoms with E-state index in [1.54, 1.807) is 0 Å². The summed E-state index contributed by atoms with van der Waals surface area (Å²) in [6, 6.07) is 10.5. The van der Waals surface area contributed by atoms with Crippen LogP contribution in [0.3, 0.4) is 0 Å². The van der Waals surface area contributed by atoms with Crippen LogP contribution in [0.15, 0.2) is 35.3 Å². The number of benzene rings is 1. The predicted octanol–water partition coefficient (Wildman–Crippen LogP) is 2.98. The second-order valence-electron chi connectivity index (χ2n) is 4.06. The molecule has 0 saturated carbocycles. The minimum absolute atomic E-state index is 0. The summed E-state index contributed by atoms with van der Waals surface area (Å²) in [5.41, 5.74) is 1.34. The maximum atomic E-state index is 4.57. The largest absolute Gasteiger partial charge is 0.357 e. The Labute approximate surface area is 127 Å². The number of rotatable bonds is 5. The van der Waals surface area contributed by atoms with Gasteiger partial charge in [-0.15, -0.1) is 24.0 Å². The second kappa shape index (κ2) is 10.2. The quantitative estimate of drug-likeness (QED) is 0.481. The summed E-state index contributed by atoms with van der Waals surface area (Å²) in [5.74, 6) is 1.35. The van der Waals surface area contributed by atoms with Gasteiger partial charge in [0.05, 0.1) is 0 Å². The van der Waals surface area contributed by atoms with Gasteiger partial charge in [-0.3, -0.25) is 4.99 Å². The third-order valence-electron chi connectivity index (χ3n) is 2.58. The van der Waals surface area contributed by atoms with Crippen molar-refractivity contribution < 1.29 is 0 Å². The Morgan fingerprint density at radius 2 is 1.67 bits per heavy atom. The lowest BCUT2D eigenvalue weighted by Crippen LogP contribution is -2.37. The van der Waals surface area contributed by atoms with Gasteiger partial charge < -0.3 is 10.6 Å². The molecule has 0 amide bonds. The van der Waals surface area contributed by atoms with Crippen LogP contribution in [-0.4, -0.2) is 25.6 Å². The molecular formula is C14H24IN3. The van der Waals surface area contributed by atoms with Crippen molar-refractivity contribution in [1.82, 2.24) is 10.6 Å². The van der Waals surface area contributed by atoms with Crippen LogP contribution in [0, 0.1) is 0 Å². The van der Waals surface area contributed by atoms with Gasteiger partial charge in [0.2, 0.25) is 0 Å². The van der Waals surface area contributed by atoms with Crippen molar-refractivity contribution in [2.24, 2.45) is 4.99 Å². The van der Waals surface area contributed by atoms with Gasteiger partial charge in [0.25, 0.3) is 0 Å². The predicted molar refractivity (Wildman–Crippen MR) is 89.9 cm³/mol. The van der Waals surface area contributed by atoms with Crippen LogP contribution in [-0.2, 0) is 0 Å². The molecule has 1 rings (SSSR count). The molecule has 1 atom stereocenters. The van der Waals surface area contributed by atoms with Crippen LogP contribution in [0.25, 0.3) is 0 Å². The third kappa shape index (κ3) is 6.23. The minimum atomic E-state index is 0. The van der Waals surface area contributed by atoms with E-state index in [-0.39, 0.29) is 24.0 Å². The van der Waals surface area contributed by atoms with Gasteiger partial charge in [-0.1, -0.05) is 37.3 Å². The average molecular weight is 361 g/mol. The van der Waals surface area contributed by atoms with Crippen molar-refractivity contribution in [2.75, 3.05) is 19.6 Å². The van der Waals surface area contributed by atoms with Crippen LogP contribution >= 0.6 is 24.0 Å². The Kier molecular flexibility index (Phi) is 9.73. The van der Waals surface area contributed by atoms with Gasteiger partial charge in [0, 0.05) is 25.6 Å². The first kappa shape index (κ1) is 17.2. The standard InChI is InChI=1S/C14H23N3.HI/c1-4-15-14(16-5-2)17-11-12(3)13-9-7-6-8-10-13;/h6-10,12H,4-5,11H2,1-3H3,(H2,15,16,17);1H. The highest BCUT2D eigenvalue weighted by Crippen LogP contribution is 2.14. The molecule has 18 heavy (non-hydrogen) atoms. The summed E-state index contributed by atoms with van der Waals surface area (Å²) in [5, 5.41) is 6.46. The van der Waals surface area contributed by atoms with Crippen molar-refractivity contribution in [2.45, 2.75) is 26.7 Å². The lowest BCUT2D eigenvalue weighted by Gasteiger charge is -2.12. The molecule has 0 aromatic heterocycles. The van der Waals surface area contributed by atoms with E-state index in [0.29, 0.717) is 5.92 Å². The summed E-state index contributed by atoms with van der Waals surface area (Å²) < 4.78 is 0. The molecule has 0 spiro atoms. The molecule has 0 radical (unpaired) electrons. The van der Waals surface area contributed by atoms with Gasteiger partial charge in [0.15, 0.2) is 5.96 Å². The molecule has 102 valence electrons. The monoisotopic (exact) mass is 361 g/mol. The number of nitrogens with zero attached hydrogens (tertiary/aromatic N) is 1. The first-order chi connectivity index (χ1) is 8.27. The Balaban J connectivity index is 0.00000289. The van der Waals surface area contributed by atoms with Gasteiger partial charge in [-0.25, -0.2) is 0 Å². The molecule has 0 fully saturated rings. The Bertz CT molecular complexity index is 330. The number of hydrogen-bond donors (Lipinski definition) is 2. The fourth-order valence-corrected chi connectivity index (χ4v) is 1.62. The zero-order chi connectivity index (χ0) is 12.5. The Hall–Kier alpha value is -0.780. The van der Waals surface area contributed by atoms with Crippen molar-refractivity contribution >= 4 is 29.9 Å². The highest BCUT2D eigenvalue weighted by molar-refractivity contribution is 14.0. The van der Waals surface area contributed by atoms with Crippen molar-refractivity contribution in [1.29, 1.82) is 0 Å². The number of aliphatic imine (C=N–C) groups is 1. The molecule has 2 N–H and O–H groups in total. The smallest absolute Gasteiger partial charge is 0.191 e. The van der Waals surface area contributed by atoms with E-state index in [2.05, 4.69) is 60.7 Å². The van der Waals surface area contributed by atoms with E-state index in [1.807, 2.05) is 6.07 Å². The number of halogens is 1. The summed E-state index contributed by atoms with van der Waals surface area (Å²) in [6.07, 6.45) is 0. The van der Waals surface area contributed by atoms with Gasteiger partial charge in [-0.05, 0) is 19.4 Å². The normalized spacial score (nSPS) is 11.1. The number of hydrogen-bond acceptors (Lipinski definition) is 1. The molecule has 0 aliphatic rings. The number of nitrogens with one attached hydrogen (secondary N) is 2. The molecule has 1 aromatic rings. The number of guanidine groups is 1. The van der Waals surface area contributed by atoms with Gasteiger partial charge in [0.1, 0.15) is 0 Å². The van der Waals surface area contributed by atoms with E-state index in [9.17, 15) is 0 Å². The summed E-state index contributed by atoms with van der Waals surface area (Å²) >= 11 is 0. The maximum Gasteiger partial charge on any atom is 0.191 e. The molecule has 0 heterocycles. The Morgan fingerprint density at radius 3 is 2.17 bits per heavy atom. The summed E-state index contributed by atoms with van der Waals surface area (Å²) in [4.78, 5) is 4.57. The van der Waals surface area contributed by atoms with Gasteiger partial charge >= 0.3 is 0 Å². The molecule has 3 nitrogen and oxygen atoms in total. The SMILES string of the molecule is CCNC(=NCC(C)c1ccccc1)NCC.I.